The van der Waals surface area contributed by atoms with Crippen molar-refractivity contribution in [3.05, 3.63) is 105 Å². The number of imidazole rings is 1. The molecule has 5 fully saturated rings. The summed E-state index contributed by atoms with van der Waals surface area (Å²) in [5.74, 6) is -1.41. The molecule has 2 amide bonds. The molecule has 0 radical (unpaired) electrons. The Kier molecular flexibility index (Phi) is 29.2. The minimum absolute atomic E-state index is 0.0104. The first-order valence-corrected chi connectivity index (χ1v) is 45.5. The molecule has 44 nitrogen and oxygen atoms in total. The number of hydrogen-bond acceptors (Lipinski definition) is 37. The van der Waals surface area contributed by atoms with Gasteiger partial charge in [-0.25, -0.2) is 23.9 Å². The van der Waals surface area contributed by atoms with E-state index in [2.05, 4.69) is 68.7 Å². The molecule has 111 heavy (non-hydrogen) atoms. The molecule has 0 spiro atoms. The van der Waals surface area contributed by atoms with Crippen LogP contribution in [-0.2, 0) is 123 Å². The second kappa shape index (κ2) is 37.4. The van der Waals surface area contributed by atoms with E-state index in [4.69, 9.17) is 126 Å². The lowest BCUT2D eigenvalue weighted by Crippen LogP contribution is -2.53. The molecule has 11 rings (SSSR count). The number of halogens is 1. The first-order valence-electron chi connectivity index (χ1n) is 34.2. The Hall–Kier alpha value is -5.12. The minimum atomic E-state index is -4.73. The molecule has 6 aliphatic heterocycles. The quantitative estimate of drug-likeness (QED) is 0.0145. The number of carbonyl (C=O) groups excluding carboxylic acids is 2. The third-order valence-corrected chi connectivity index (χ3v) is 25.8. The van der Waals surface area contributed by atoms with Gasteiger partial charge in [-0.15, -0.1) is 0 Å². The van der Waals surface area contributed by atoms with Crippen LogP contribution in [0, 0.1) is 11.8 Å². The predicted molar refractivity (Wildman–Crippen MR) is 403 cm³/mol. The van der Waals surface area contributed by atoms with Crippen LogP contribution in [0.15, 0.2) is 77.3 Å². The number of amides is 2. The first-order chi connectivity index (χ1) is 52.5. The van der Waals surface area contributed by atoms with Crippen molar-refractivity contribution < 1.29 is 108 Å². The number of aliphatic hydroxyl groups is 2. The van der Waals surface area contributed by atoms with Crippen LogP contribution in [0.25, 0.3) is 11.2 Å². The van der Waals surface area contributed by atoms with Crippen molar-refractivity contribution in [2.24, 2.45) is 11.8 Å². The summed E-state index contributed by atoms with van der Waals surface area (Å²) in [5.41, 5.74) is 13.8. The molecule has 10 unspecified atom stereocenters. The minimum Gasteiger partial charge on any atom is -0.394 e. The number of H-pyrrole nitrogens is 2. The number of nitrogens with two attached hydrogens (primary N) is 3. The molecule has 6 aliphatic rings. The van der Waals surface area contributed by atoms with Gasteiger partial charge in [-0.3, -0.25) is 56.5 Å². The maximum Gasteiger partial charge on any atom is 0.386 e. The largest absolute Gasteiger partial charge is 0.394 e. The highest BCUT2D eigenvalue weighted by Crippen LogP contribution is 2.59. The van der Waals surface area contributed by atoms with Gasteiger partial charge in [0, 0.05) is 69.5 Å². The average molecular weight is 1780 g/mol. The molecule has 11 heterocycles. The SMILES string of the molecule is CC(=O)NCCOCCOCCOP(=S)(OC[C@H]1O[C@@H](n2ccc(N)nc2=O)CC1C(C)C)OC1C[C@H](N2C=C(C)C(=O)NC2O)O[C@@H]1COP(O)(=S)OC1C[C@H](n2cnc3c(=O)[nH]c(N)nc32)O[C@@H]1COP(=O)(S)OC1C[C@H](n2ccc(N)nc2=O)O[C@@H]1COP(O)(=S)OC1C[C@H](n2cc(Br)c(=O)[nH]c2=O)O[C@@H]1CO. The van der Waals surface area contributed by atoms with E-state index in [0.717, 1.165) is 9.13 Å². The number of aromatic amines is 2. The van der Waals surface area contributed by atoms with Crippen LogP contribution in [0.4, 0.5) is 17.6 Å². The third kappa shape index (κ3) is 22.5. The van der Waals surface area contributed by atoms with E-state index in [1.807, 2.05) is 13.8 Å². The van der Waals surface area contributed by atoms with Crippen molar-refractivity contribution in [1.29, 1.82) is 0 Å². The lowest BCUT2D eigenvalue weighted by atomic mass is 9.89. The van der Waals surface area contributed by atoms with Gasteiger partial charge in [0.1, 0.15) is 73.3 Å². The van der Waals surface area contributed by atoms with Gasteiger partial charge < -0.3 is 118 Å². The Morgan fingerprint density at radius 3 is 1.79 bits per heavy atom. The fraction of sp³-hybridized carbons (Fsp3) is 0.638. The smallest absolute Gasteiger partial charge is 0.386 e. The number of rotatable bonds is 37. The molecule has 53 heteroatoms. The Morgan fingerprint density at radius 1 is 0.676 bits per heavy atom. The molecule has 0 aliphatic carbocycles. The lowest BCUT2D eigenvalue weighted by Gasteiger charge is -2.35. The number of fused-ring (bicyclic) bond motifs is 1. The number of carbonyl (C=O) groups is 2. The molecular formula is C58H83BrN16O28P4S4. The summed E-state index contributed by atoms with van der Waals surface area (Å²) in [7, 11) is 0. The number of ether oxygens (including phenoxy) is 7. The van der Waals surface area contributed by atoms with E-state index in [-0.39, 0.29) is 128 Å². The van der Waals surface area contributed by atoms with Crippen LogP contribution in [0.5, 0.6) is 0 Å². The Morgan fingerprint density at radius 2 is 1.19 bits per heavy atom. The highest BCUT2D eigenvalue weighted by molar-refractivity contribution is 9.10. The number of thiol groups is 1. The molecule has 20 atom stereocenters. The van der Waals surface area contributed by atoms with Crippen LogP contribution >= 0.6 is 55.1 Å². The van der Waals surface area contributed by atoms with Gasteiger partial charge in [-0.2, -0.15) is 15.0 Å². The summed E-state index contributed by atoms with van der Waals surface area (Å²) < 4.78 is 118. The van der Waals surface area contributed by atoms with Gasteiger partial charge in [0.15, 0.2) is 11.2 Å². The highest BCUT2D eigenvalue weighted by Gasteiger charge is 2.50. The second-order valence-electron chi connectivity index (χ2n) is 26.2. The fourth-order valence-electron chi connectivity index (χ4n) is 12.7. The van der Waals surface area contributed by atoms with Gasteiger partial charge in [0.05, 0.1) is 101 Å². The van der Waals surface area contributed by atoms with Crippen molar-refractivity contribution >= 4 is 131 Å². The van der Waals surface area contributed by atoms with Gasteiger partial charge in [-0.05, 0) is 88.7 Å². The first kappa shape index (κ1) is 86.7. The van der Waals surface area contributed by atoms with E-state index < -0.39 is 180 Å². The van der Waals surface area contributed by atoms with Crippen molar-refractivity contribution in [3.63, 3.8) is 0 Å². The number of hydrogen-bond donors (Lipinski definition) is 12. The van der Waals surface area contributed by atoms with Crippen molar-refractivity contribution in [3.8, 4) is 0 Å². The highest BCUT2D eigenvalue weighted by atomic mass is 79.9. The molecule has 5 saturated heterocycles. The number of aromatic nitrogens is 10. The van der Waals surface area contributed by atoms with Crippen LogP contribution in [-0.4, -0.2) is 225 Å². The number of nitrogens with zero attached hydrogens (tertiary/aromatic N) is 9. The summed E-state index contributed by atoms with van der Waals surface area (Å²) in [4.78, 5) is 134. The van der Waals surface area contributed by atoms with E-state index in [9.17, 15) is 58.1 Å². The third-order valence-electron chi connectivity index (χ3n) is 18.1. The predicted octanol–water partition coefficient (Wildman–Crippen LogP) is 0.323. The average Bonchev–Trinajstić information content (AvgIpc) is 1.64. The monoisotopic (exact) mass is 1780 g/mol. The molecule has 614 valence electrons. The molecular weight excluding hydrogens is 1700 g/mol. The van der Waals surface area contributed by atoms with Crippen LogP contribution < -0.4 is 56.0 Å². The van der Waals surface area contributed by atoms with Crippen LogP contribution in [0.3, 0.4) is 0 Å². The number of aliphatic hydroxyl groups excluding tert-OH is 2. The van der Waals surface area contributed by atoms with E-state index in [1.54, 1.807) is 0 Å². The summed E-state index contributed by atoms with van der Waals surface area (Å²) in [6.45, 7) is -13.4. The Labute approximate surface area is 658 Å². The van der Waals surface area contributed by atoms with Crippen LogP contribution in [0.2, 0.25) is 0 Å². The molecule has 0 aromatic carbocycles. The summed E-state index contributed by atoms with van der Waals surface area (Å²) in [6, 6.07) is 2.77. The second-order valence-corrected chi connectivity index (χ2v) is 38.5. The summed E-state index contributed by atoms with van der Waals surface area (Å²) >= 11 is 24.7. The normalized spacial score (nSPS) is 29.1. The Bertz CT molecular complexity index is 4720. The molecule has 0 bridgehead atoms. The molecule has 5 aromatic rings. The van der Waals surface area contributed by atoms with Gasteiger partial charge in [-0.1, -0.05) is 26.1 Å². The van der Waals surface area contributed by atoms with E-state index in [1.165, 1.54) is 71.1 Å². The van der Waals surface area contributed by atoms with Gasteiger partial charge >= 0.3 is 44.0 Å². The number of nitrogens with one attached hydrogen (secondary N) is 4. The number of nitrogen functional groups attached to an aromatic ring is 3. The maximum atomic E-state index is 14.7. The number of anilines is 3. The molecule has 0 saturated carbocycles. The molecule has 5 aromatic heterocycles. The van der Waals surface area contributed by atoms with E-state index in [0.29, 0.717) is 6.42 Å². The van der Waals surface area contributed by atoms with Gasteiger partial charge in [0.25, 0.3) is 17.0 Å². The van der Waals surface area contributed by atoms with Crippen molar-refractivity contribution in [2.45, 2.75) is 152 Å². The summed E-state index contributed by atoms with van der Waals surface area (Å²) in [6.07, 6.45) is -12.2. The van der Waals surface area contributed by atoms with Gasteiger partial charge in [0.2, 0.25) is 18.2 Å². The standard InChI is InChI=1S/C58H83BrN16O28P4S4/c1-28(2)31-15-44(71-8-5-42(60)65-55(71)81)96-38(31)23-94-107(111,90-14-13-89-12-11-88-10-7-63-30(4)77)103-36-19-46(73-20-29(3)51(78)69-57(73)83)98-41(36)26-93-106(87,110)102-35-18-48(75-27-64-49-50(75)67-54(62)68-53(49)80)99-40(35)25-92-105(86,109)101-34-17-45(72-9-6-43(61)66-56(72)82)97-39(34)24-91-104(85,108)100-33-16-47(95-37(33)22-76)74-21-32(59)52(79)70-58(74)84/h5-6,8-9,20-21,27-28,31,33-41,44-48,57,76,83H,7,10-19,22-26H2,1-4H3,(H,63,77)(H,69,78)(H,85,108)(H,86,109)(H,87,110)(H2,60,65,81)(H2,61,66,82)(H,70,79,84)(H3,62,67,68,80)/t31?,33?,34?,35?,36?,37-,38-,39-,40-,41-,44-,45-,46-,47-,48-,57?,104?,105?,106?,107?/m1/s1. The van der Waals surface area contributed by atoms with E-state index >= 15 is 0 Å². The summed E-state index contributed by atoms with van der Waals surface area (Å²) in [5, 5.41) is 26.6. The topological polar surface area (TPSA) is 573 Å². The van der Waals surface area contributed by atoms with Crippen molar-refractivity contribution in [2.75, 3.05) is 89.8 Å². The zero-order valence-electron chi connectivity index (χ0n) is 59.4. The zero-order valence-corrected chi connectivity index (χ0v) is 67.9. The Balaban J connectivity index is 0.810. The van der Waals surface area contributed by atoms with Crippen molar-refractivity contribution in [1.82, 2.24) is 63.7 Å². The molecule has 14 N–H and O–H groups in total. The lowest BCUT2D eigenvalue weighted by molar-refractivity contribution is -0.143. The zero-order chi connectivity index (χ0) is 80.0. The fourth-order valence-corrected chi connectivity index (χ4v) is 19.6. The maximum absolute atomic E-state index is 14.7. The van der Waals surface area contributed by atoms with Crippen LogP contribution in [0.1, 0.15) is 84.7 Å².